The Morgan fingerprint density at radius 2 is 1.30 bits per heavy atom. The lowest BCUT2D eigenvalue weighted by atomic mass is 10.0. The third-order valence-electron chi connectivity index (χ3n) is 10.9. The van der Waals surface area contributed by atoms with Crippen molar-refractivity contribution in [2.45, 2.75) is 100 Å². The number of aliphatic hydroxyl groups is 1. The predicted molar refractivity (Wildman–Crippen MR) is 240 cm³/mol. The highest BCUT2D eigenvalue weighted by molar-refractivity contribution is 5.98. The van der Waals surface area contributed by atoms with E-state index in [1.165, 1.54) is 0 Å². The molecule has 4 rings (SSSR count). The van der Waals surface area contributed by atoms with Crippen molar-refractivity contribution in [3.8, 4) is 0 Å². The van der Waals surface area contributed by atoms with Crippen molar-refractivity contribution in [3.63, 3.8) is 0 Å². The molecule has 2 heterocycles. The number of nitrogens with one attached hydrogen (secondary N) is 6. The van der Waals surface area contributed by atoms with E-state index in [4.69, 9.17) is 22.9 Å². The maximum atomic E-state index is 14.3. The molecule has 0 unspecified atom stereocenters. The first-order chi connectivity index (χ1) is 31.9. The lowest BCUT2D eigenvalue weighted by molar-refractivity contribution is -0.149. The van der Waals surface area contributed by atoms with E-state index in [9.17, 15) is 58.5 Å². The van der Waals surface area contributed by atoms with Crippen molar-refractivity contribution in [1.82, 2.24) is 36.5 Å². The zero-order chi connectivity index (χ0) is 49.2. The van der Waals surface area contributed by atoms with Gasteiger partial charge in [-0.3, -0.25) is 43.3 Å². The van der Waals surface area contributed by atoms with Gasteiger partial charge < -0.3 is 74.7 Å². The number of primary amides is 1. The number of para-hydroxylation sites is 1. The second-order valence-corrected chi connectivity index (χ2v) is 15.9. The summed E-state index contributed by atoms with van der Waals surface area (Å²) in [6.07, 6.45) is -0.140. The summed E-state index contributed by atoms with van der Waals surface area (Å²) in [6.45, 7) is -0.730. The number of aromatic nitrogens is 1. The van der Waals surface area contributed by atoms with Crippen LogP contribution in [0.5, 0.6) is 0 Å². The molecule has 17 N–H and O–H groups in total. The van der Waals surface area contributed by atoms with Crippen LogP contribution < -0.4 is 49.5 Å². The zero-order valence-electron chi connectivity index (χ0n) is 36.5. The minimum Gasteiger partial charge on any atom is -0.481 e. The summed E-state index contributed by atoms with van der Waals surface area (Å²) in [5.41, 5.74) is 23.9. The number of nitrogens with two attached hydrogens (primary N) is 4. The third kappa shape index (κ3) is 15.8. The molecular formula is C43H58N12O12. The quantitative estimate of drug-likeness (QED) is 0.0212. The minimum atomic E-state index is -1.62. The van der Waals surface area contributed by atoms with Gasteiger partial charge in [0, 0.05) is 49.5 Å². The summed E-state index contributed by atoms with van der Waals surface area (Å²) >= 11 is 0. The van der Waals surface area contributed by atoms with Gasteiger partial charge in [-0.25, -0.2) is 4.79 Å². The molecule has 7 amide bonds. The van der Waals surface area contributed by atoms with Crippen molar-refractivity contribution < 1.29 is 58.5 Å². The van der Waals surface area contributed by atoms with Crippen LogP contribution in [-0.4, -0.2) is 146 Å². The molecular weight excluding hydrogens is 877 g/mol. The SMILES string of the molecule is NC(=O)C[C@H](NC(=O)[C@H](CCCN=C(N)N)NC(=O)[C@H](Cc1ccccc1)NC(=O)[C@H](CCC(=O)O)NC(=O)[C@H](Cc1c[nH]c2ccccc12)NC(=O)[C@@H](N)CO)C(=O)N1CCC[C@H]1C(=O)O. The molecule has 1 aliphatic rings. The summed E-state index contributed by atoms with van der Waals surface area (Å²) in [4.78, 5) is 127. The average Bonchev–Trinajstić information content (AvgIpc) is 3.95. The number of rotatable bonds is 26. The van der Waals surface area contributed by atoms with Crippen LogP contribution in [0.3, 0.4) is 0 Å². The topological polar surface area (TPSA) is 410 Å². The Balaban J connectivity index is 1.64. The predicted octanol–water partition coefficient (Wildman–Crippen LogP) is -3.43. The number of carbonyl (C=O) groups is 9. The third-order valence-corrected chi connectivity index (χ3v) is 10.9. The fourth-order valence-electron chi connectivity index (χ4n) is 7.44. The summed E-state index contributed by atoms with van der Waals surface area (Å²) in [7, 11) is 0. The van der Waals surface area contributed by atoms with E-state index in [0.29, 0.717) is 22.9 Å². The molecule has 1 saturated heterocycles. The van der Waals surface area contributed by atoms with Gasteiger partial charge in [0.25, 0.3) is 0 Å². The number of amides is 7. The summed E-state index contributed by atoms with van der Waals surface area (Å²) < 4.78 is 0. The Bertz CT molecular complexity index is 2290. The number of aliphatic imine (C=N–C) groups is 1. The molecule has 0 aliphatic carbocycles. The number of H-pyrrole nitrogens is 1. The monoisotopic (exact) mass is 934 g/mol. The molecule has 67 heavy (non-hydrogen) atoms. The molecule has 362 valence electrons. The van der Waals surface area contributed by atoms with Crippen molar-refractivity contribution in [2.75, 3.05) is 19.7 Å². The van der Waals surface area contributed by atoms with Gasteiger partial charge in [0.1, 0.15) is 42.3 Å². The van der Waals surface area contributed by atoms with Gasteiger partial charge in [-0.1, -0.05) is 48.5 Å². The van der Waals surface area contributed by atoms with E-state index in [2.05, 4.69) is 36.6 Å². The van der Waals surface area contributed by atoms with E-state index in [-0.39, 0.29) is 51.2 Å². The van der Waals surface area contributed by atoms with Gasteiger partial charge in [-0.2, -0.15) is 0 Å². The van der Waals surface area contributed by atoms with E-state index in [1.54, 1.807) is 60.8 Å². The molecule has 1 fully saturated rings. The molecule has 2 aromatic carbocycles. The second kappa shape index (κ2) is 25.2. The number of carboxylic acids is 2. The van der Waals surface area contributed by atoms with E-state index in [1.807, 2.05) is 0 Å². The van der Waals surface area contributed by atoms with Crippen LogP contribution in [0.2, 0.25) is 0 Å². The van der Waals surface area contributed by atoms with Crippen LogP contribution in [0.25, 0.3) is 10.9 Å². The lowest BCUT2D eigenvalue weighted by Gasteiger charge is -2.29. The summed E-state index contributed by atoms with van der Waals surface area (Å²) in [5, 5.41) is 42.1. The number of carbonyl (C=O) groups excluding carboxylic acids is 7. The first kappa shape index (κ1) is 52.0. The Morgan fingerprint density at radius 3 is 1.91 bits per heavy atom. The maximum Gasteiger partial charge on any atom is 0.326 e. The molecule has 0 radical (unpaired) electrons. The van der Waals surface area contributed by atoms with Gasteiger partial charge in [0.15, 0.2) is 5.96 Å². The molecule has 0 bridgehead atoms. The highest BCUT2D eigenvalue weighted by Gasteiger charge is 2.39. The second-order valence-electron chi connectivity index (χ2n) is 15.9. The van der Waals surface area contributed by atoms with Gasteiger partial charge in [-0.15, -0.1) is 0 Å². The number of benzene rings is 2. The van der Waals surface area contributed by atoms with Gasteiger partial charge in [0.05, 0.1) is 13.0 Å². The number of fused-ring (bicyclic) bond motifs is 1. The minimum absolute atomic E-state index is 0.0114. The van der Waals surface area contributed by atoms with Gasteiger partial charge >= 0.3 is 11.9 Å². The number of aliphatic hydroxyl groups excluding tert-OH is 1. The molecule has 3 aromatic rings. The molecule has 24 nitrogen and oxygen atoms in total. The highest BCUT2D eigenvalue weighted by Crippen LogP contribution is 2.21. The van der Waals surface area contributed by atoms with Crippen LogP contribution in [0.1, 0.15) is 56.1 Å². The normalized spacial score (nSPS) is 16.0. The fraction of sp³-hybridized carbons (Fsp3) is 0.442. The summed E-state index contributed by atoms with van der Waals surface area (Å²) in [5.74, 6) is -9.52. The Hall–Kier alpha value is -7.60. The largest absolute Gasteiger partial charge is 0.481 e. The van der Waals surface area contributed by atoms with Crippen molar-refractivity contribution in [1.29, 1.82) is 0 Å². The molecule has 1 aromatic heterocycles. The number of carboxylic acid groups (broad SMARTS) is 2. The van der Waals surface area contributed by atoms with E-state index < -0.39 is 121 Å². The van der Waals surface area contributed by atoms with Crippen LogP contribution >= 0.6 is 0 Å². The number of nitrogens with zero attached hydrogens (tertiary/aromatic N) is 2. The van der Waals surface area contributed by atoms with Crippen LogP contribution in [0.4, 0.5) is 0 Å². The van der Waals surface area contributed by atoms with Crippen molar-refractivity contribution in [2.24, 2.45) is 27.9 Å². The smallest absolute Gasteiger partial charge is 0.326 e. The first-order valence-corrected chi connectivity index (χ1v) is 21.4. The number of guanidine groups is 1. The number of likely N-dealkylation sites (tertiary alicyclic amines) is 1. The maximum absolute atomic E-state index is 14.3. The molecule has 0 saturated carbocycles. The molecule has 7 atom stereocenters. The highest BCUT2D eigenvalue weighted by atomic mass is 16.4. The first-order valence-electron chi connectivity index (χ1n) is 21.4. The Kier molecular flexibility index (Phi) is 19.6. The van der Waals surface area contributed by atoms with Gasteiger partial charge in [-0.05, 0) is 49.3 Å². The molecule has 1 aliphatic heterocycles. The van der Waals surface area contributed by atoms with Crippen molar-refractivity contribution in [3.05, 3.63) is 71.9 Å². The van der Waals surface area contributed by atoms with E-state index in [0.717, 1.165) is 10.4 Å². The number of hydrogen-bond donors (Lipinski definition) is 13. The van der Waals surface area contributed by atoms with E-state index >= 15 is 0 Å². The standard InChI is InChI=1S/C43H58N12O12/c44-26(22-56)36(60)52-31(19-24-21-49-27-11-5-4-10-25(24)27)40(64)51-29(14-15-35(58)59)38(62)53-30(18-23-8-2-1-3-9-23)39(63)50-28(12-6-16-48-43(46)47)37(61)54-32(20-34(45)57)41(65)55-17-7-13-33(55)42(66)67/h1-5,8-11,21,26,28-33,49,56H,6-7,12-20,22,44H2,(H2,45,57)(H,50,63)(H,51,64)(H,52,60)(H,53,62)(H,54,61)(H,58,59)(H,66,67)(H4,46,47,48)/t26-,28-,29-,30-,31-,32-,33-/m0/s1. The van der Waals surface area contributed by atoms with Crippen LogP contribution in [0.15, 0.2) is 65.8 Å². The number of hydrogen-bond acceptors (Lipinski definition) is 12. The van der Waals surface area contributed by atoms with Gasteiger partial charge in [0.2, 0.25) is 41.4 Å². The lowest BCUT2D eigenvalue weighted by Crippen LogP contribution is -2.60. The van der Waals surface area contributed by atoms with Crippen LogP contribution in [0, 0.1) is 0 Å². The number of aliphatic carboxylic acids is 2. The Morgan fingerprint density at radius 1 is 0.731 bits per heavy atom. The zero-order valence-corrected chi connectivity index (χ0v) is 36.5. The Labute approximate surface area is 384 Å². The molecule has 24 heteroatoms. The molecule has 0 spiro atoms. The number of aromatic amines is 1. The van der Waals surface area contributed by atoms with Crippen LogP contribution in [-0.2, 0) is 56.0 Å². The fourth-order valence-corrected chi connectivity index (χ4v) is 7.44. The average molecular weight is 935 g/mol. The van der Waals surface area contributed by atoms with Crippen molar-refractivity contribution >= 4 is 70.2 Å². The summed E-state index contributed by atoms with van der Waals surface area (Å²) in [6, 6.07) is 5.17.